The predicted molar refractivity (Wildman–Crippen MR) is 86.0 cm³/mol. The van der Waals surface area contributed by atoms with Crippen LogP contribution in [-0.2, 0) is 16.1 Å². The summed E-state index contributed by atoms with van der Waals surface area (Å²) in [5.74, 6) is -2.26. The van der Waals surface area contributed by atoms with E-state index in [0.29, 0.717) is 0 Å². The van der Waals surface area contributed by atoms with Crippen LogP contribution < -0.4 is 5.32 Å². The molecule has 0 fully saturated rings. The summed E-state index contributed by atoms with van der Waals surface area (Å²) in [5.41, 5.74) is 0.750. The first-order chi connectivity index (χ1) is 11.5. The smallest absolute Gasteiger partial charge is 0.331 e. The summed E-state index contributed by atoms with van der Waals surface area (Å²) in [4.78, 5) is 24.0. The Morgan fingerprint density at radius 2 is 1.92 bits per heavy atom. The first-order valence-corrected chi connectivity index (χ1v) is 7.46. The number of hydrogen-bond acceptors (Lipinski definition) is 4. The highest BCUT2D eigenvalue weighted by atomic mass is 35.5. The van der Waals surface area contributed by atoms with Gasteiger partial charge >= 0.3 is 5.97 Å². The van der Waals surface area contributed by atoms with Crippen molar-refractivity contribution in [3.05, 3.63) is 70.5 Å². The first-order valence-electron chi connectivity index (χ1n) is 7.08. The van der Waals surface area contributed by atoms with Crippen LogP contribution in [0.5, 0.6) is 0 Å². The summed E-state index contributed by atoms with van der Waals surface area (Å²) in [7, 11) is 0. The predicted octanol–water partition coefficient (Wildman–Crippen LogP) is 2.31. The van der Waals surface area contributed by atoms with Gasteiger partial charge in [0.1, 0.15) is 12.4 Å². The number of esters is 1. The first kappa shape index (κ1) is 17.9. The Kier molecular flexibility index (Phi) is 6.28. The van der Waals surface area contributed by atoms with E-state index in [1.165, 1.54) is 12.1 Å². The minimum atomic E-state index is -1.25. The van der Waals surface area contributed by atoms with E-state index >= 15 is 0 Å². The maximum atomic E-state index is 13.4. The van der Waals surface area contributed by atoms with E-state index < -0.39 is 30.3 Å². The van der Waals surface area contributed by atoms with E-state index in [2.05, 4.69) is 5.32 Å². The molecule has 0 heterocycles. The highest BCUT2D eigenvalue weighted by Gasteiger charge is 2.22. The molecule has 0 saturated carbocycles. The molecule has 0 aliphatic rings. The summed E-state index contributed by atoms with van der Waals surface area (Å²) in [6.07, 6.45) is 0. The Morgan fingerprint density at radius 3 is 2.54 bits per heavy atom. The standard InChI is InChI=1S/C17H15ClFNO4/c18-13-7-6-12(8-14(13)19)16(22)20-15(9-21)17(23)24-10-11-4-2-1-3-5-11/h1-8,15,21H,9-10H2,(H,20,22)/t15-/m0/s1. The van der Waals surface area contributed by atoms with Gasteiger partial charge in [-0.2, -0.15) is 0 Å². The van der Waals surface area contributed by atoms with Crippen LogP contribution in [0.25, 0.3) is 0 Å². The number of benzene rings is 2. The quantitative estimate of drug-likeness (QED) is 0.783. The molecule has 0 radical (unpaired) electrons. The lowest BCUT2D eigenvalue weighted by molar-refractivity contribution is -0.148. The highest BCUT2D eigenvalue weighted by molar-refractivity contribution is 6.30. The van der Waals surface area contributed by atoms with Crippen molar-refractivity contribution in [2.45, 2.75) is 12.6 Å². The van der Waals surface area contributed by atoms with Crippen molar-refractivity contribution < 1.29 is 23.8 Å². The fraction of sp³-hybridized carbons (Fsp3) is 0.176. The maximum absolute atomic E-state index is 13.4. The van der Waals surface area contributed by atoms with Crippen molar-refractivity contribution in [3.63, 3.8) is 0 Å². The molecule has 0 aliphatic carbocycles. The minimum Gasteiger partial charge on any atom is -0.459 e. The van der Waals surface area contributed by atoms with Gasteiger partial charge < -0.3 is 15.2 Å². The number of halogens is 2. The summed E-state index contributed by atoms with van der Waals surface area (Å²) < 4.78 is 18.4. The number of amides is 1. The van der Waals surface area contributed by atoms with Gasteiger partial charge in [-0.3, -0.25) is 4.79 Å². The molecule has 0 bridgehead atoms. The molecular formula is C17H15ClFNO4. The number of hydrogen-bond donors (Lipinski definition) is 2. The number of carbonyl (C=O) groups excluding carboxylic acids is 2. The molecular weight excluding hydrogens is 337 g/mol. The van der Waals surface area contributed by atoms with Gasteiger partial charge in [-0.05, 0) is 23.8 Å². The number of aliphatic hydroxyl groups is 1. The third-order valence-electron chi connectivity index (χ3n) is 3.18. The van der Waals surface area contributed by atoms with Gasteiger partial charge in [-0.15, -0.1) is 0 Å². The van der Waals surface area contributed by atoms with Crippen molar-refractivity contribution in [2.24, 2.45) is 0 Å². The van der Waals surface area contributed by atoms with Crippen LogP contribution in [-0.4, -0.2) is 29.6 Å². The zero-order valence-electron chi connectivity index (χ0n) is 12.5. The monoisotopic (exact) mass is 351 g/mol. The minimum absolute atomic E-state index is 0.0155. The second-order valence-electron chi connectivity index (χ2n) is 4.93. The number of ether oxygens (including phenoxy) is 1. The average molecular weight is 352 g/mol. The van der Waals surface area contributed by atoms with Crippen LogP contribution in [0.1, 0.15) is 15.9 Å². The molecule has 126 valence electrons. The zero-order valence-corrected chi connectivity index (χ0v) is 13.3. The zero-order chi connectivity index (χ0) is 17.5. The third-order valence-corrected chi connectivity index (χ3v) is 3.48. The summed E-state index contributed by atoms with van der Waals surface area (Å²) in [5, 5.41) is 11.5. The molecule has 24 heavy (non-hydrogen) atoms. The van der Waals surface area contributed by atoms with Crippen molar-refractivity contribution in [2.75, 3.05) is 6.61 Å². The number of aliphatic hydroxyl groups excluding tert-OH is 1. The lowest BCUT2D eigenvalue weighted by Gasteiger charge is -2.15. The van der Waals surface area contributed by atoms with E-state index in [-0.39, 0.29) is 17.2 Å². The van der Waals surface area contributed by atoms with Crippen LogP contribution in [0.2, 0.25) is 5.02 Å². The van der Waals surface area contributed by atoms with Gasteiger partial charge in [0.25, 0.3) is 5.91 Å². The maximum Gasteiger partial charge on any atom is 0.331 e. The number of rotatable bonds is 6. The molecule has 0 saturated heterocycles. The Labute approximate surface area is 143 Å². The molecule has 1 atom stereocenters. The molecule has 2 aromatic carbocycles. The van der Waals surface area contributed by atoms with Crippen molar-refractivity contribution in [1.29, 1.82) is 0 Å². The summed E-state index contributed by atoms with van der Waals surface area (Å²) in [6, 6.07) is 11.2. The lowest BCUT2D eigenvalue weighted by Crippen LogP contribution is -2.44. The van der Waals surface area contributed by atoms with Crippen molar-refractivity contribution >= 4 is 23.5 Å². The van der Waals surface area contributed by atoms with Gasteiger partial charge in [0.2, 0.25) is 0 Å². The molecule has 0 aliphatic heterocycles. The molecule has 0 aromatic heterocycles. The molecule has 0 spiro atoms. The molecule has 2 rings (SSSR count). The Bertz CT molecular complexity index is 724. The van der Waals surface area contributed by atoms with Gasteiger partial charge in [0, 0.05) is 5.56 Å². The molecule has 7 heteroatoms. The summed E-state index contributed by atoms with van der Waals surface area (Å²) in [6.45, 7) is -0.628. The summed E-state index contributed by atoms with van der Waals surface area (Å²) >= 11 is 5.55. The third kappa shape index (κ3) is 4.78. The van der Waals surface area contributed by atoms with E-state index in [1.807, 2.05) is 6.07 Å². The van der Waals surface area contributed by atoms with E-state index in [1.54, 1.807) is 24.3 Å². The Morgan fingerprint density at radius 1 is 1.21 bits per heavy atom. The molecule has 2 aromatic rings. The van der Waals surface area contributed by atoms with Crippen LogP contribution in [0.3, 0.4) is 0 Å². The van der Waals surface area contributed by atoms with E-state index in [0.717, 1.165) is 11.6 Å². The number of carbonyl (C=O) groups is 2. The van der Waals surface area contributed by atoms with Gasteiger partial charge in [0.05, 0.1) is 11.6 Å². The molecule has 1 amide bonds. The van der Waals surface area contributed by atoms with Gasteiger partial charge in [-0.25, -0.2) is 9.18 Å². The highest BCUT2D eigenvalue weighted by Crippen LogP contribution is 2.15. The van der Waals surface area contributed by atoms with Crippen LogP contribution in [0, 0.1) is 5.82 Å². The normalized spacial score (nSPS) is 11.6. The topological polar surface area (TPSA) is 75.6 Å². The van der Waals surface area contributed by atoms with Crippen LogP contribution in [0.15, 0.2) is 48.5 Å². The lowest BCUT2D eigenvalue weighted by atomic mass is 10.2. The fourth-order valence-electron chi connectivity index (χ4n) is 1.89. The van der Waals surface area contributed by atoms with Crippen molar-refractivity contribution in [1.82, 2.24) is 5.32 Å². The second kappa shape index (κ2) is 8.42. The van der Waals surface area contributed by atoms with Crippen LogP contribution in [0.4, 0.5) is 4.39 Å². The molecule has 0 unspecified atom stereocenters. The Hall–Kier alpha value is -2.44. The molecule has 2 N–H and O–H groups in total. The van der Waals surface area contributed by atoms with Crippen molar-refractivity contribution in [3.8, 4) is 0 Å². The average Bonchev–Trinajstić information content (AvgIpc) is 2.60. The largest absolute Gasteiger partial charge is 0.459 e. The Balaban J connectivity index is 1.96. The van der Waals surface area contributed by atoms with Gasteiger partial charge in [-0.1, -0.05) is 41.9 Å². The SMILES string of the molecule is O=C(N[C@@H](CO)C(=O)OCc1ccccc1)c1ccc(Cl)c(F)c1. The second-order valence-corrected chi connectivity index (χ2v) is 5.34. The van der Waals surface area contributed by atoms with E-state index in [9.17, 15) is 19.1 Å². The fourth-order valence-corrected chi connectivity index (χ4v) is 2.00. The van der Waals surface area contributed by atoms with Gasteiger partial charge in [0.15, 0.2) is 6.04 Å². The van der Waals surface area contributed by atoms with Crippen LogP contribution >= 0.6 is 11.6 Å². The molecule has 5 nitrogen and oxygen atoms in total. The number of nitrogens with one attached hydrogen (secondary N) is 1. The van der Waals surface area contributed by atoms with E-state index in [4.69, 9.17) is 16.3 Å².